The third kappa shape index (κ3) is 4.46. The summed E-state index contributed by atoms with van der Waals surface area (Å²) in [5.41, 5.74) is 2.90. The van der Waals surface area contributed by atoms with Crippen LogP contribution in [0.2, 0.25) is 0 Å². The Kier molecular flexibility index (Phi) is 5.99. The highest BCUT2D eigenvalue weighted by Crippen LogP contribution is 2.22. The predicted molar refractivity (Wildman–Crippen MR) is 114 cm³/mol. The van der Waals surface area contributed by atoms with Crippen LogP contribution in [-0.4, -0.2) is 34.2 Å². The molecule has 1 N–H and O–H groups in total. The fraction of sp³-hybridized carbons (Fsp3) is 0.217. The minimum atomic E-state index is -0.288. The highest BCUT2D eigenvalue weighted by atomic mass is 32.1. The minimum Gasteiger partial charge on any atom is -0.350 e. The molecule has 152 valence electrons. The topological polar surface area (TPSA) is 79.4 Å². The van der Waals surface area contributed by atoms with E-state index in [0.717, 1.165) is 17.1 Å². The van der Waals surface area contributed by atoms with E-state index >= 15 is 0 Å². The van der Waals surface area contributed by atoms with Crippen LogP contribution in [0.25, 0.3) is 0 Å². The molecule has 0 aliphatic carbocycles. The lowest BCUT2D eigenvalue weighted by molar-refractivity contribution is -0.121. The molecule has 0 saturated carbocycles. The van der Waals surface area contributed by atoms with Crippen LogP contribution in [0, 0.1) is 0 Å². The monoisotopic (exact) mass is 419 g/mol. The molecule has 30 heavy (non-hydrogen) atoms. The molecule has 0 radical (unpaired) electrons. The van der Waals surface area contributed by atoms with Crippen molar-refractivity contribution in [2.45, 2.75) is 25.8 Å². The highest BCUT2D eigenvalue weighted by Gasteiger charge is 2.34. The summed E-state index contributed by atoms with van der Waals surface area (Å²) in [7, 11) is 0. The van der Waals surface area contributed by atoms with Gasteiger partial charge in [0.05, 0.1) is 28.4 Å². The van der Waals surface area contributed by atoms with Crippen LogP contribution < -0.4 is 5.32 Å². The number of fused-ring (bicyclic) bond motifs is 1. The molecular formula is C23H21N3O3S. The van der Waals surface area contributed by atoms with Crippen LogP contribution >= 0.6 is 11.3 Å². The predicted octanol–water partition coefficient (Wildman–Crippen LogP) is 3.43. The second-order valence-electron chi connectivity index (χ2n) is 7.08. The Bertz CT molecular complexity index is 1040. The van der Waals surface area contributed by atoms with Gasteiger partial charge in [-0.25, -0.2) is 4.98 Å². The number of nitrogens with zero attached hydrogens (tertiary/aromatic N) is 2. The first-order valence-corrected chi connectivity index (χ1v) is 10.7. The molecule has 0 atom stereocenters. The molecule has 3 aromatic rings. The largest absolute Gasteiger partial charge is 0.350 e. The van der Waals surface area contributed by atoms with E-state index in [1.165, 1.54) is 10.5 Å². The van der Waals surface area contributed by atoms with E-state index in [2.05, 4.69) is 22.4 Å². The van der Waals surface area contributed by atoms with Gasteiger partial charge < -0.3 is 5.32 Å². The molecule has 0 fully saturated rings. The maximum atomic E-state index is 12.3. The van der Waals surface area contributed by atoms with Crippen LogP contribution in [0.4, 0.5) is 0 Å². The van der Waals surface area contributed by atoms with Crippen LogP contribution in [0.1, 0.15) is 49.8 Å². The number of hydrogen-bond donors (Lipinski definition) is 1. The van der Waals surface area contributed by atoms with Gasteiger partial charge in [0.15, 0.2) is 0 Å². The molecule has 1 aliphatic heterocycles. The summed E-state index contributed by atoms with van der Waals surface area (Å²) in [5, 5.41) is 5.82. The van der Waals surface area contributed by atoms with E-state index in [0.29, 0.717) is 24.1 Å². The number of carbonyl (C=O) groups is 3. The van der Waals surface area contributed by atoms with Crippen molar-refractivity contribution < 1.29 is 14.4 Å². The fourth-order valence-electron chi connectivity index (χ4n) is 3.40. The van der Waals surface area contributed by atoms with Crippen molar-refractivity contribution in [3.63, 3.8) is 0 Å². The molecule has 0 bridgehead atoms. The van der Waals surface area contributed by atoms with Gasteiger partial charge in [-0.15, -0.1) is 11.3 Å². The maximum Gasteiger partial charge on any atom is 0.261 e. The van der Waals surface area contributed by atoms with Crippen LogP contribution in [0.5, 0.6) is 0 Å². The average molecular weight is 420 g/mol. The van der Waals surface area contributed by atoms with E-state index in [1.54, 1.807) is 35.6 Å². The third-order valence-corrected chi connectivity index (χ3v) is 5.83. The van der Waals surface area contributed by atoms with Gasteiger partial charge in [-0.1, -0.05) is 42.5 Å². The van der Waals surface area contributed by atoms with Crippen molar-refractivity contribution in [2.75, 3.05) is 6.54 Å². The van der Waals surface area contributed by atoms with E-state index < -0.39 is 0 Å². The molecule has 0 unspecified atom stereocenters. The van der Waals surface area contributed by atoms with E-state index in [4.69, 9.17) is 0 Å². The molecule has 7 heteroatoms. The van der Waals surface area contributed by atoms with Crippen molar-refractivity contribution in [1.82, 2.24) is 15.2 Å². The van der Waals surface area contributed by atoms with Gasteiger partial charge in [0.2, 0.25) is 5.91 Å². The van der Waals surface area contributed by atoms with Crippen molar-refractivity contribution in [2.24, 2.45) is 0 Å². The fourth-order valence-corrected chi connectivity index (χ4v) is 4.23. The molecule has 4 rings (SSSR count). The number of rotatable bonds is 8. The smallest absolute Gasteiger partial charge is 0.261 e. The summed E-state index contributed by atoms with van der Waals surface area (Å²) in [6.45, 7) is 0.606. The summed E-state index contributed by atoms with van der Waals surface area (Å²) in [6.07, 6.45) is 1.45. The van der Waals surface area contributed by atoms with Crippen molar-refractivity contribution >= 4 is 29.1 Å². The summed E-state index contributed by atoms with van der Waals surface area (Å²) in [6, 6.07) is 16.9. The van der Waals surface area contributed by atoms with E-state index in [9.17, 15) is 14.4 Å². The van der Waals surface area contributed by atoms with Gasteiger partial charge in [0, 0.05) is 24.8 Å². The summed E-state index contributed by atoms with van der Waals surface area (Å²) < 4.78 is 0. The highest BCUT2D eigenvalue weighted by molar-refractivity contribution is 7.09. The lowest BCUT2D eigenvalue weighted by atomic mass is 10.1. The molecule has 1 aromatic heterocycles. The van der Waals surface area contributed by atoms with Gasteiger partial charge in [-0.2, -0.15) is 0 Å². The second-order valence-corrected chi connectivity index (χ2v) is 8.03. The maximum absolute atomic E-state index is 12.3. The lowest BCUT2D eigenvalue weighted by Gasteiger charge is -2.13. The standard InChI is InChI=1S/C23H21N3O3S/c27-20(11-6-12-26-22(28)18-9-4-5-10-19(18)23(26)29)24-14-17-15-30-21(25-17)13-16-7-2-1-3-8-16/h1-5,7-10,15H,6,11-14H2,(H,24,27). The van der Waals surface area contributed by atoms with Gasteiger partial charge in [-0.3, -0.25) is 19.3 Å². The second kappa shape index (κ2) is 9.00. The number of nitrogens with one attached hydrogen (secondary N) is 1. The molecule has 2 aromatic carbocycles. The molecular weight excluding hydrogens is 398 g/mol. The summed E-state index contributed by atoms with van der Waals surface area (Å²) >= 11 is 1.58. The SMILES string of the molecule is O=C(CCCN1C(=O)c2ccccc2C1=O)NCc1csc(Cc2ccccc2)n1. The first-order chi connectivity index (χ1) is 14.6. The normalized spacial score (nSPS) is 12.9. The first-order valence-electron chi connectivity index (χ1n) is 9.81. The average Bonchev–Trinajstić information content (AvgIpc) is 3.31. The van der Waals surface area contributed by atoms with Gasteiger partial charge >= 0.3 is 0 Å². The van der Waals surface area contributed by atoms with Crippen molar-refractivity contribution in [1.29, 1.82) is 0 Å². The number of thiazole rings is 1. The molecule has 3 amide bonds. The van der Waals surface area contributed by atoms with E-state index in [-0.39, 0.29) is 30.7 Å². The quantitative estimate of drug-likeness (QED) is 0.568. The van der Waals surface area contributed by atoms with E-state index in [1.807, 2.05) is 23.6 Å². The minimum absolute atomic E-state index is 0.121. The first kappa shape index (κ1) is 20.0. The summed E-state index contributed by atoms with van der Waals surface area (Å²) in [5.74, 6) is -0.696. The number of amides is 3. The zero-order valence-corrected chi connectivity index (χ0v) is 17.2. The van der Waals surface area contributed by atoms with Crippen LogP contribution in [0.15, 0.2) is 60.0 Å². The Hall–Kier alpha value is -3.32. The van der Waals surface area contributed by atoms with Crippen LogP contribution in [-0.2, 0) is 17.8 Å². The molecule has 0 spiro atoms. The Balaban J connectivity index is 1.21. The number of imide groups is 1. The molecule has 1 aliphatic rings. The molecule has 2 heterocycles. The van der Waals surface area contributed by atoms with Gasteiger partial charge in [-0.05, 0) is 24.1 Å². The lowest BCUT2D eigenvalue weighted by Crippen LogP contribution is -2.32. The van der Waals surface area contributed by atoms with Crippen molar-refractivity contribution in [3.05, 3.63) is 87.4 Å². The molecule has 0 saturated heterocycles. The Morgan fingerprint density at radius 3 is 2.33 bits per heavy atom. The van der Waals surface area contributed by atoms with Crippen LogP contribution in [0.3, 0.4) is 0 Å². The Labute approximate surface area is 178 Å². The zero-order chi connectivity index (χ0) is 20.9. The number of carbonyl (C=O) groups excluding carboxylic acids is 3. The number of benzene rings is 2. The number of aromatic nitrogens is 1. The van der Waals surface area contributed by atoms with Gasteiger partial charge in [0.25, 0.3) is 11.8 Å². The number of hydrogen-bond acceptors (Lipinski definition) is 5. The summed E-state index contributed by atoms with van der Waals surface area (Å²) in [4.78, 5) is 42.6. The third-order valence-electron chi connectivity index (χ3n) is 4.93. The Morgan fingerprint density at radius 1 is 0.967 bits per heavy atom. The van der Waals surface area contributed by atoms with Crippen molar-refractivity contribution in [3.8, 4) is 0 Å². The zero-order valence-electron chi connectivity index (χ0n) is 16.3. The molecule has 6 nitrogen and oxygen atoms in total. The Morgan fingerprint density at radius 2 is 1.63 bits per heavy atom. The van der Waals surface area contributed by atoms with Gasteiger partial charge in [0.1, 0.15) is 0 Å².